The minimum atomic E-state index is -0.748. The van der Waals surface area contributed by atoms with Crippen LogP contribution in [0, 0.1) is 47.3 Å². The third-order valence-corrected chi connectivity index (χ3v) is 8.13. The van der Waals surface area contributed by atoms with Crippen LogP contribution in [-0.2, 0) is 9.59 Å². The summed E-state index contributed by atoms with van der Waals surface area (Å²) in [6.45, 7) is 4.21. The Hall–Kier alpha value is -1.72. The Bertz CT molecular complexity index is 637. The van der Waals surface area contributed by atoms with Crippen molar-refractivity contribution < 1.29 is 9.59 Å². The van der Waals surface area contributed by atoms with Crippen LogP contribution in [0.1, 0.15) is 78.1 Å². The van der Waals surface area contributed by atoms with E-state index in [0.29, 0.717) is 24.2 Å². The second-order valence-corrected chi connectivity index (χ2v) is 10.7. The average molecular weight is 415 g/mol. The molecule has 0 radical (unpaired) electrons. The van der Waals surface area contributed by atoms with E-state index in [2.05, 4.69) is 34.9 Å². The van der Waals surface area contributed by atoms with E-state index >= 15 is 0 Å². The highest BCUT2D eigenvalue weighted by Crippen LogP contribution is 2.48. The monoisotopic (exact) mass is 414 g/mol. The minimum Gasteiger partial charge on any atom is -0.272 e. The molecule has 0 spiro atoms. The molecular formula is C24H38N4O2. The Kier molecular flexibility index (Phi) is 6.89. The topological polar surface area (TPSA) is 82.9 Å². The molecule has 4 fully saturated rings. The SMILES string of the molecule is CC(C)CCC(C(=O)N/N=C/[C@H]1C[C@H]2CC[C@@H]1C2)C(=O)N/N=C/[C@H]1C[C@H]2CC[C@H]1C2. The molecule has 4 bridgehead atoms. The first-order chi connectivity index (χ1) is 14.5. The summed E-state index contributed by atoms with van der Waals surface area (Å²) < 4.78 is 0. The van der Waals surface area contributed by atoms with Crippen molar-refractivity contribution in [2.45, 2.75) is 78.1 Å². The third kappa shape index (κ3) is 5.12. The highest BCUT2D eigenvalue weighted by molar-refractivity contribution is 6.00. The first-order valence-corrected chi connectivity index (χ1v) is 12.2. The van der Waals surface area contributed by atoms with Crippen molar-refractivity contribution in [3.8, 4) is 0 Å². The number of amides is 2. The van der Waals surface area contributed by atoms with E-state index in [1.54, 1.807) is 0 Å². The molecule has 4 aliphatic carbocycles. The van der Waals surface area contributed by atoms with Gasteiger partial charge in [-0.05, 0) is 92.8 Å². The number of hydrogen-bond donors (Lipinski definition) is 2. The summed E-state index contributed by atoms with van der Waals surface area (Å²) in [5.74, 6) is 3.18. The molecule has 4 saturated carbocycles. The Morgan fingerprint density at radius 2 is 1.30 bits per heavy atom. The van der Waals surface area contributed by atoms with Crippen molar-refractivity contribution in [1.29, 1.82) is 0 Å². The van der Waals surface area contributed by atoms with Gasteiger partial charge in [-0.15, -0.1) is 0 Å². The number of nitrogens with zero attached hydrogens (tertiary/aromatic N) is 2. The maximum Gasteiger partial charge on any atom is 0.252 e. The molecule has 0 aromatic heterocycles. The Morgan fingerprint density at radius 1 is 0.800 bits per heavy atom. The molecule has 7 atom stereocenters. The maximum atomic E-state index is 12.7. The molecular weight excluding hydrogens is 376 g/mol. The van der Waals surface area contributed by atoms with Crippen molar-refractivity contribution >= 4 is 24.2 Å². The van der Waals surface area contributed by atoms with E-state index in [4.69, 9.17) is 0 Å². The Morgan fingerprint density at radius 3 is 1.67 bits per heavy atom. The van der Waals surface area contributed by atoms with Gasteiger partial charge in [-0.3, -0.25) is 9.59 Å². The van der Waals surface area contributed by atoms with Crippen LogP contribution >= 0.6 is 0 Å². The van der Waals surface area contributed by atoms with Gasteiger partial charge in [0.05, 0.1) is 0 Å². The van der Waals surface area contributed by atoms with Crippen LogP contribution in [0.5, 0.6) is 0 Å². The van der Waals surface area contributed by atoms with Crippen molar-refractivity contribution in [2.24, 2.45) is 57.5 Å². The minimum absolute atomic E-state index is 0.317. The van der Waals surface area contributed by atoms with E-state index in [-0.39, 0.29) is 11.8 Å². The average Bonchev–Trinajstić information content (AvgIpc) is 3.49. The first-order valence-electron chi connectivity index (χ1n) is 12.2. The maximum absolute atomic E-state index is 12.7. The first kappa shape index (κ1) is 21.5. The molecule has 0 aliphatic heterocycles. The van der Waals surface area contributed by atoms with Crippen LogP contribution in [0.2, 0.25) is 0 Å². The molecule has 0 aromatic rings. The van der Waals surface area contributed by atoms with Crippen molar-refractivity contribution in [3.63, 3.8) is 0 Å². The molecule has 1 unspecified atom stereocenters. The second-order valence-electron chi connectivity index (χ2n) is 10.7. The molecule has 0 heterocycles. The predicted octanol–water partition coefficient (Wildman–Crippen LogP) is 4.12. The molecule has 6 heteroatoms. The lowest BCUT2D eigenvalue weighted by molar-refractivity contribution is -0.135. The highest BCUT2D eigenvalue weighted by atomic mass is 16.2. The van der Waals surface area contributed by atoms with Crippen molar-refractivity contribution in [1.82, 2.24) is 10.9 Å². The molecule has 6 nitrogen and oxygen atoms in total. The van der Waals surface area contributed by atoms with Crippen LogP contribution in [0.25, 0.3) is 0 Å². The zero-order valence-corrected chi connectivity index (χ0v) is 18.6. The van der Waals surface area contributed by atoms with Gasteiger partial charge in [0.2, 0.25) is 0 Å². The number of carbonyl (C=O) groups is 2. The quantitative estimate of drug-likeness (QED) is 0.338. The van der Waals surface area contributed by atoms with Crippen LogP contribution in [0.4, 0.5) is 0 Å². The zero-order chi connectivity index (χ0) is 21.1. The van der Waals surface area contributed by atoms with Gasteiger partial charge in [0.25, 0.3) is 11.8 Å². The molecule has 0 aromatic carbocycles. The third-order valence-electron chi connectivity index (χ3n) is 8.13. The lowest BCUT2D eigenvalue weighted by Crippen LogP contribution is -2.38. The van der Waals surface area contributed by atoms with Gasteiger partial charge in [-0.1, -0.05) is 26.7 Å². The number of nitrogens with one attached hydrogen (secondary N) is 2. The number of hydrazone groups is 2. The molecule has 4 aliphatic rings. The summed E-state index contributed by atoms with van der Waals surface area (Å²) in [4.78, 5) is 25.4. The molecule has 0 saturated heterocycles. The van der Waals surface area contributed by atoms with Gasteiger partial charge >= 0.3 is 0 Å². The van der Waals surface area contributed by atoms with Gasteiger partial charge < -0.3 is 0 Å². The smallest absolute Gasteiger partial charge is 0.252 e. The largest absolute Gasteiger partial charge is 0.272 e. The molecule has 166 valence electrons. The highest BCUT2D eigenvalue weighted by Gasteiger charge is 2.39. The summed E-state index contributed by atoms with van der Waals surface area (Å²) in [5.41, 5.74) is 5.29. The fourth-order valence-corrected chi connectivity index (χ4v) is 6.38. The summed E-state index contributed by atoms with van der Waals surface area (Å²) in [6.07, 6.45) is 15.4. The fraction of sp³-hybridized carbons (Fsp3) is 0.833. The lowest BCUT2D eigenvalue weighted by atomic mass is 9.90. The lowest BCUT2D eigenvalue weighted by Gasteiger charge is -2.18. The van der Waals surface area contributed by atoms with E-state index in [9.17, 15) is 9.59 Å². The van der Waals surface area contributed by atoms with Gasteiger partial charge in [0, 0.05) is 12.4 Å². The van der Waals surface area contributed by atoms with Crippen LogP contribution in [0.3, 0.4) is 0 Å². The van der Waals surface area contributed by atoms with Crippen molar-refractivity contribution in [3.05, 3.63) is 0 Å². The van der Waals surface area contributed by atoms with E-state index in [0.717, 1.165) is 30.1 Å². The van der Waals surface area contributed by atoms with Crippen LogP contribution in [0.15, 0.2) is 10.2 Å². The van der Waals surface area contributed by atoms with Crippen LogP contribution < -0.4 is 10.9 Å². The van der Waals surface area contributed by atoms with E-state index in [1.807, 2.05) is 12.4 Å². The number of hydrogen-bond acceptors (Lipinski definition) is 4. The molecule has 30 heavy (non-hydrogen) atoms. The predicted molar refractivity (Wildman–Crippen MR) is 119 cm³/mol. The van der Waals surface area contributed by atoms with Gasteiger partial charge in [-0.25, -0.2) is 10.9 Å². The zero-order valence-electron chi connectivity index (χ0n) is 18.6. The number of rotatable bonds is 9. The van der Waals surface area contributed by atoms with Crippen LogP contribution in [-0.4, -0.2) is 24.2 Å². The van der Waals surface area contributed by atoms with Gasteiger partial charge in [-0.2, -0.15) is 10.2 Å². The van der Waals surface area contributed by atoms with E-state index < -0.39 is 5.92 Å². The number of carbonyl (C=O) groups excluding carboxylic acids is 2. The summed E-state index contributed by atoms with van der Waals surface area (Å²) >= 11 is 0. The summed E-state index contributed by atoms with van der Waals surface area (Å²) in [6, 6.07) is 0. The molecule has 2 N–H and O–H groups in total. The summed E-state index contributed by atoms with van der Waals surface area (Å²) in [5, 5.41) is 8.46. The van der Waals surface area contributed by atoms with Gasteiger partial charge in [0.1, 0.15) is 5.92 Å². The second kappa shape index (κ2) is 9.61. The van der Waals surface area contributed by atoms with Gasteiger partial charge in [0.15, 0.2) is 0 Å². The van der Waals surface area contributed by atoms with Crippen molar-refractivity contribution in [2.75, 3.05) is 0 Å². The summed E-state index contributed by atoms with van der Waals surface area (Å²) in [7, 11) is 0. The normalized spacial score (nSPS) is 35.7. The number of fused-ring (bicyclic) bond motifs is 4. The molecule has 4 rings (SSSR count). The molecule has 2 amide bonds. The van der Waals surface area contributed by atoms with E-state index in [1.165, 1.54) is 51.4 Å². The Labute approximate surface area is 180 Å². The fourth-order valence-electron chi connectivity index (χ4n) is 6.38. The Balaban J connectivity index is 1.28. The standard InChI is InChI=1S/C24H38N4O2/c1-15(2)3-8-22(23(29)27-25-13-20-11-16-4-6-18(20)9-16)24(30)28-26-14-21-12-17-5-7-19(21)10-17/h13-22H,3-12H2,1-2H3,(H,27,29)(H,28,30)/b25-13+,26-14+/t16-,17-,18-,19+,20+,21+,22?/m0/s1.